The van der Waals surface area contributed by atoms with Gasteiger partial charge in [-0.1, -0.05) is 48.0 Å². The minimum Gasteiger partial charge on any atom is -0.497 e. The van der Waals surface area contributed by atoms with E-state index < -0.39 is 0 Å². The van der Waals surface area contributed by atoms with Crippen molar-refractivity contribution >= 4 is 11.6 Å². The quantitative estimate of drug-likeness (QED) is 0.477. The molecule has 0 aromatic heterocycles. The van der Waals surface area contributed by atoms with E-state index in [1.54, 1.807) is 7.11 Å². The summed E-state index contributed by atoms with van der Waals surface area (Å²) in [5.41, 5.74) is 3.49. The lowest BCUT2D eigenvalue weighted by Gasteiger charge is -2.21. The van der Waals surface area contributed by atoms with Gasteiger partial charge in [-0.2, -0.15) is 0 Å². The molecule has 0 unspecified atom stereocenters. The Kier molecular flexibility index (Phi) is 7.07. The van der Waals surface area contributed by atoms with Crippen molar-refractivity contribution in [3.63, 3.8) is 0 Å². The number of methoxy groups -OCH3 is 1. The molecule has 0 bridgehead atoms. The van der Waals surface area contributed by atoms with Gasteiger partial charge in [0.1, 0.15) is 11.6 Å². The van der Waals surface area contributed by atoms with E-state index in [9.17, 15) is 4.39 Å². The van der Waals surface area contributed by atoms with Gasteiger partial charge in [-0.15, -0.1) is 0 Å². The van der Waals surface area contributed by atoms with Gasteiger partial charge < -0.3 is 10.1 Å². The number of rotatable bonds is 8. The molecule has 0 saturated heterocycles. The van der Waals surface area contributed by atoms with E-state index in [1.807, 2.05) is 48.5 Å². The van der Waals surface area contributed by atoms with Crippen molar-refractivity contribution < 1.29 is 9.13 Å². The first-order valence-electron chi connectivity index (χ1n) is 9.45. The maximum absolute atomic E-state index is 13.4. The zero-order valence-electron chi connectivity index (χ0n) is 16.2. The molecule has 2 nitrogen and oxygen atoms in total. The van der Waals surface area contributed by atoms with Crippen LogP contribution < -0.4 is 10.1 Å². The topological polar surface area (TPSA) is 21.3 Å². The summed E-state index contributed by atoms with van der Waals surface area (Å²) in [4.78, 5) is 0. The van der Waals surface area contributed by atoms with Gasteiger partial charge >= 0.3 is 0 Å². The third-order valence-corrected chi connectivity index (χ3v) is 5.30. The molecule has 0 aliphatic rings. The summed E-state index contributed by atoms with van der Waals surface area (Å²) in [5.74, 6) is 0.791. The van der Waals surface area contributed by atoms with Gasteiger partial charge in [-0.25, -0.2) is 4.39 Å². The van der Waals surface area contributed by atoms with Crippen LogP contribution in [0.15, 0.2) is 72.8 Å². The van der Waals surface area contributed by atoms with E-state index in [-0.39, 0.29) is 17.8 Å². The highest BCUT2D eigenvalue weighted by atomic mass is 35.5. The number of hydrogen-bond acceptors (Lipinski definition) is 2. The molecular formula is C24H25ClFNO. The average molecular weight is 398 g/mol. The van der Waals surface area contributed by atoms with Crippen molar-refractivity contribution in [2.24, 2.45) is 0 Å². The van der Waals surface area contributed by atoms with Gasteiger partial charge in [0.25, 0.3) is 0 Å². The molecule has 0 aliphatic heterocycles. The fourth-order valence-electron chi connectivity index (χ4n) is 3.37. The molecule has 0 fully saturated rings. The Labute approximate surface area is 171 Å². The summed E-state index contributed by atoms with van der Waals surface area (Å²) >= 11 is 5.97. The fraction of sp³-hybridized carbons (Fsp3) is 0.250. The number of nitrogens with one attached hydrogen (secondary N) is 1. The van der Waals surface area contributed by atoms with Crippen LogP contribution in [0.3, 0.4) is 0 Å². The second kappa shape index (κ2) is 9.72. The molecule has 3 aromatic carbocycles. The van der Waals surface area contributed by atoms with E-state index in [1.165, 1.54) is 23.3 Å². The summed E-state index contributed by atoms with van der Waals surface area (Å²) < 4.78 is 18.7. The SMILES string of the molecule is COc1ccc([C@@H](CCN[C@@H](C)c2ccc(Cl)cc2)c2ccc(F)cc2)cc1. The van der Waals surface area contributed by atoms with Crippen LogP contribution in [-0.4, -0.2) is 13.7 Å². The Morgan fingerprint density at radius 2 is 1.39 bits per heavy atom. The van der Waals surface area contributed by atoms with Crippen molar-refractivity contribution in [1.82, 2.24) is 5.32 Å². The Bertz CT molecular complexity index is 863. The first-order valence-corrected chi connectivity index (χ1v) is 9.83. The predicted molar refractivity (Wildman–Crippen MR) is 114 cm³/mol. The minimum absolute atomic E-state index is 0.177. The maximum atomic E-state index is 13.4. The first-order chi connectivity index (χ1) is 13.6. The Morgan fingerprint density at radius 3 is 1.96 bits per heavy atom. The predicted octanol–water partition coefficient (Wildman–Crippen LogP) is 6.36. The second-order valence-electron chi connectivity index (χ2n) is 6.89. The molecule has 1 N–H and O–H groups in total. The summed E-state index contributed by atoms with van der Waals surface area (Å²) in [6, 6.07) is 23.0. The van der Waals surface area contributed by atoms with Crippen LogP contribution in [0.25, 0.3) is 0 Å². The van der Waals surface area contributed by atoms with E-state index in [0.29, 0.717) is 0 Å². The molecule has 0 saturated carbocycles. The van der Waals surface area contributed by atoms with Crippen molar-refractivity contribution in [3.8, 4) is 5.75 Å². The Morgan fingerprint density at radius 1 is 0.857 bits per heavy atom. The number of ether oxygens (including phenoxy) is 1. The zero-order valence-corrected chi connectivity index (χ0v) is 16.9. The molecule has 4 heteroatoms. The second-order valence-corrected chi connectivity index (χ2v) is 7.33. The van der Waals surface area contributed by atoms with E-state index >= 15 is 0 Å². The maximum Gasteiger partial charge on any atom is 0.123 e. The lowest BCUT2D eigenvalue weighted by atomic mass is 9.88. The van der Waals surface area contributed by atoms with Gasteiger partial charge in [-0.05, 0) is 73.0 Å². The van der Waals surface area contributed by atoms with E-state index in [2.05, 4.69) is 24.4 Å². The van der Waals surface area contributed by atoms with Crippen molar-refractivity contribution in [2.75, 3.05) is 13.7 Å². The molecule has 0 radical (unpaired) electrons. The molecule has 3 aromatic rings. The molecule has 0 aliphatic carbocycles. The van der Waals surface area contributed by atoms with E-state index in [4.69, 9.17) is 16.3 Å². The van der Waals surface area contributed by atoms with Crippen LogP contribution in [0.4, 0.5) is 4.39 Å². The molecular weight excluding hydrogens is 373 g/mol. The lowest BCUT2D eigenvalue weighted by molar-refractivity contribution is 0.414. The highest BCUT2D eigenvalue weighted by Gasteiger charge is 2.15. The third kappa shape index (κ3) is 5.34. The Hall–Kier alpha value is -2.36. The van der Waals surface area contributed by atoms with Crippen LogP contribution in [0.2, 0.25) is 5.02 Å². The standard InChI is InChI=1S/C24H25ClFNO/c1-17(18-3-9-21(25)10-4-18)27-16-15-24(19-5-11-22(26)12-6-19)20-7-13-23(28-2)14-8-20/h3-14,17,24,27H,15-16H2,1-2H3/t17-,24-/m0/s1. The van der Waals surface area contributed by atoms with Crippen LogP contribution >= 0.6 is 11.6 Å². The molecule has 3 rings (SSSR count). The van der Waals surface area contributed by atoms with Crippen LogP contribution in [0.1, 0.15) is 42.0 Å². The first kappa shape index (κ1) is 20.4. The number of hydrogen-bond donors (Lipinski definition) is 1. The lowest BCUT2D eigenvalue weighted by Crippen LogP contribution is -2.21. The average Bonchev–Trinajstić information content (AvgIpc) is 2.72. The van der Waals surface area contributed by atoms with Gasteiger partial charge in [0.05, 0.1) is 7.11 Å². The van der Waals surface area contributed by atoms with Gasteiger partial charge in [0.15, 0.2) is 0 Å². The van der Waals surface area contributed by atoms with Gasteiger partial charge in [-0.3, -0.25) is 0 Å². The van der Waals surface area contributed by atoms with Crippen molar-refractivity contribution in [1.29, 1.82) is 0 Å². The Balaban J connectivity index is 1.71. The van der Waals surface area contributed by atoms with Gasteiger partial charge in [0, 0.05) is 17.0 Å². The monoisotopic (exact) mass is 397 g/mol. The summed E-state index contributed by atoms with van der Waals surface area (Å²) in [6.07, 6.45) is 0.899. The number of benzene rings is 3. The highest BCUT2D eigenvalue weighted by Crippen LogP contribution is 2.29. The minimum atomic E-state index is -0.216. The molecule has 146 valence electrons. The molecule has 2 atom stereocenters. The highest BCUT2D eigenvalue weighted by molar-refractivity contribution is 6.30. The summed E-state index contributed by atoms with van der Waals surface area (Å²) in [5, 5.41) is 4.32. The van der Waals surface area contributed by atoms with Crippen LogP contribution in [0.5, 0.6) is 5.75 Å². The smallest absolute Gasteiger partial charge is 0.123 e. The fourth-order valence-corrected chi connectivity index (χ4v) is 3.50. The summed E-state index contributed by atoms with van der Waals surface area (Å²) in [6.45, 7) is 2.97. The molecule has 0 spiro atoms. The largest absolute Gasteiger partial charge is 0.497 e. The third-order valence-electron chi connectivity index (χ3n) is 5.04. The zero-order chi connectivity index (χ0) is 19.9. The van der Waals surface area contributed by atoms with Crippen molar-refractivity contribution in [3.05, 3.63) is 100 Å². The summed E-state index contributed by atoms with van der Waals surface area (Å²) in [7, 11) is 1.66. The number of halogens is 2. The molecule has 0 amide bonds. The molecule has 0 heterocycles. The van der Waals surface area contributed by atoms with E-state index in [0.717, 1.165) is 29.3 Å². The van der Waals surface area contributed by atoms with Crippen LogP contribution in [0, 0.1) is 5.82 Å². The normalized spacial score (nSPS) is 13.1. The van der Waals surface area contributed by atoms with Crippen LogP contribution in [-0.2, 0) is 0 Å². The van der Waals surface area contributed by atoms with Crippen molar-refractivity contribution in [2.45, 2.75) is 25.3 Å². The molecule has 28 heavy (non-hydrogen) atoms. The van der Waals surface area contributed by atoms with Gasteiger partial charge in [0.2, 0.25) is 0 Å².